The van der Waals surface area contributed by atoms with E-state index in [-0.39, 0.29) is 17.3 Å². The number of hydrogen-bond acceptors (Lipinski definition) is 4. The number of halogens is 1. The van der Waals surface area contributed by atoms with Crippen LogP contribution in [0.15, 0.2) is 71.6 Å². The predicted molar refractivity (Wildman–Crippen MR) is 148 cm³/mol. The minimum atomic E-state index is -3.95. The number of likely N-dealkylation sites (N-methyl/N-ethyl adjacent to an activating group) is 1. The van der Waals surface area contributed by atoms with Crippen molar-refractivity contribution in [1.29, 1.82) is 0 Å². The fourth-order valence-electron chi connectivity index (χ4n) is 4.11. The van der Waals surface area contributed by atoms with Crippen molar-refractivity contribution in [1.82, 2.24) is 14.5 Å². The summed E-state index contributed by atoms with van der Waals surface area (Å²) in [5.41, 5.74) is 0.678. The molecule has 0 radical (unpaired) electrons. The first-order chi connectivity index (χ1) is 17.7. The third-order valence-electron chi connectivity index (χ3n) is 6.30. The largest absolute Gasteiger partial charge is 0.354 e. The maximum Gasteiger partial charge on any atom is 0.243 e. The molecule has 0 bridgehead atoms. The average molecular weight is 544 g/mol. The van der Waals surface area contributed by atoms with Crippen LogP contribution in [0.4, 0.5) is 0 Å². The topological polar surface area (TPSA) is 86.8 Å². The summed E-state index contributed by atoms with van der Waals surface area (Å²) in [5, 5.41) is 5.08. The van der Waals surface area contributed by atoms with Gasteiger partial charge in [-0.05, 0) is 47.4 Å². The molecule has 0 aromatic heterocycles. The SMILES string of the molecule is CCCCNC(=O)[C@@H](CC)N(Cc1ccccc1Cl)C(=O)CN(C)S(=O)(=O)c1ccc2ccccc2c1. The van der Waals surface area contributed by atoms with Crippen LogP contribution in [0.2, 0.25) is 5.02 Å². The fourth-order valence-corrected chi connectivity index (χ4v) is 5.46. The summed E-state index contributed by atoms with van der Waals surface area (Å²) < 4.78 is 27.7. The van der Waals surface area contributed by atoms with Gasteiger partial charge in [0.1, 0.15) is 6.04 Å². The van der Waals surface area contributed by atoms with Crippen LogP contribution < -0.4 is 5.32 Å². The second-order valence-corrected chi connectivity index (χ2v) is 11.4. The van der Waals surface area contributed by atoms with Gasteiger partial charge in [-0.25, -0.2) is 8.42 Å². The number of nitrogens with one attached hydrogen (secondary N) is 1. The van der Waals surface area contributed by atoms with Crippen LogP contribution in [-0.4, -0.2) is 55.6 Å². The van der Waals surface area contributed by atoms with Gasteiger partial charge in [0, 0.05) is 25.2 Å². The minimum Gasteiger partial charge on any atom is -0.354 e. The zero-order chi connectivity index (χ0) is 27.0. The lowest BCUT2D eigenvalue weighted by molar-refractivity contribution is -0.141. The van der Waals surface area contributed by atoms with Crippen LogP contribution >= 0.6 is 11.6 Å². The summed E-state index contributed by atoms with van der Waals surface area (Å²) in [6, 6.07) is 18.7. The molecule has 3 aromatic rings. The molecule has 0 heterocycles. The molecule has 37 heavy (non-hydrogen) atoms. The Kier molecular flexibility index (Phi) is 10.1. The van der Waals surface area contributed by atoms with Crippen molar-refractivity contribution in [2.45, 2.75) is 50.6 Å². The fraction of sp³-hybridized carbons (Fsp3) is 0.357. The van der Waals surface area contributed by atoms with Crippen molar-refractivity contribution in [3.8, 4) is 0 Å². The molecule has 7 nitrogen and oxygen atoms in total. The molecule has 2 amide bonds. The molecule has 0 aliphatic carbocycles. The molecule has 0 aliphatic rings. The average Bonchev–Trinajstić information content (AvgIpc) is 2.89. The number of amides is 2. The van der Waals surface area contributed by atoms with E-state index in [0.29, 0.717) is 23.6 Å². The molecule has 3 rings (SSSR count). The first-order valence-electron chi connectivity index (χ1n) is 12.4. The molecule has 1 N–H and O–H groups in total. The van der Waals surface area contributed by atoms with Gasteiger partial charge >= 0.3 is 0 Å². The van der Waals surface area contributed by atoms with Gasteiger partial charge in [-0.2, -0.15) is 4.31 Å². The Balaban J connectivity index is 1.87. The maximum absolute atomic E-state index is 13.6. The molecule has 0 aliphatic heterocycles. The monoisotopic (exact) mass is 543 g/mol. The Bertz CT molecular complexity index is 1350. The Hall–Kier alpha value is -2.94. The number of sulfonamides is 1. The Morgan fingerprint density at radius 2 is 1.65 bits per heavy atom. The number of rotatable bonds is 12. The molecule has 0 saturated heterocycles. The molecule has 198 valence electrons. The normalized spacial score (nSPS) is 12.5. The van der Waals surface area contributed by atoms with Crippen LogP contribution in [0.3, 0.4) is 0 Å². The van der Waals surface area contributed by atoms with Crippen LogP contribution in [0, 0.1) is 0 Å². The highest BCUT2D eigenvalue weighted by molar-refractivity contribution is 7.89. The molecule has 0 saturated carbocycles. The second kappa shape index (κ2) is 13.0. The van der Waals surface area contributed by atoms with Crippen molar-refractivity contribution < 1.29 is 18.0 Å². The highest BCUT2D eigenvalue weighted by Gasteiger charge is 2.32. The van der Waals surface area contributed by atoms with Gasteiger partial charge in [0.25, 0.3) is 0 Å². The van der Waals surface area contributed by atoms with Crippen molar-refractivity contribution in [2.24, 2.45) is 0 Å². The summed E-state index contributed by atoms with van der Waals surface area (Å²) in [6.07, 6.45) is 2.12. The number of hydrogen-bond donors (Lipinski definition) is 1. The summed E-state index contributed by atoms with van der Waals surface area (Å²) in [7, 11) is -2.58. The zero-order valence-corrected chi connectivity index (χ0v) is 23.1. The number of benzene rings is 3. The van der Waals surface area contributed by atoms with E-state index in [4.69, 9.17) is 11.6 Å². The lowest BCUT2D eigenvalue weighted by Gasteiger charge is -2.32. The highest BCUT2D eigenvalue weighted by Crippen LogP contribution is 2.23. The molecular formula is C28H34ClN3O4S. The van der Waals surface area contributed by atoms with Gasteiger partial charge in [0.2, 0.25) is 21.8 Å². The van der Waals surface area contributed by atoms with Crippen LogP contribution in [0.1, 0.15) is 38.7 Å². The van der Waals surface area contributed by atoms with Crippen molar-refractivity contribution in [2.75, 3.05) is 20.1 Å². The van der Waals surface area contributed by atoms with Gasteiger partial charge in [-0.1, -0.05) is 80.4 Å². The lowest BCUT2D eigenvalue weighted by atomic mass is 10.1. The molecule has 0 spiro atoms. The van der Waals surface area contributed by atoms with Gasteiger partial charge < -0.3 is 10.2 Å². The van der Waals surface area contributed by atoms with E-state index in [2.05, 4.69) is 5.32 Å². The Morgan fingerprint density at radius 1 is 0.973 bits per heavy atom. The van der Waals surface area contributed by atoms with Crippen molar-refractivity contribution >= 4 is 44.2 Å². The molecular weight excluding hydrogens is 510 g/mol. The van der Waals surface area contributed by atoms with Gasteiger partial charge in [0.05, 0.1) is 11.4 Å². The summed E-state index contributed by atoms with van der Waals surface area (Å²) in [5.74, 6) is -0.749. The molecule has 9 heteroatoms. The van der Waals surface area contributed by atoms with Gasteiger partial charge in [-0.15, -0.1) is 0 Å². The lowest BCUT2D eigenvalue weighted by Crippen LogP contribution is -2.51. The third kappa shape index (κ3) is 7.09. The smallest absolute Gasteiger partial charge is 0.243 e. The van der Waals surface area contributed by atoms with E-state index in [9.17, 15) is 18.0 Å². The van der Waals surface area contributed by atoms with Crippen molar-refractivity contribution in [3.63, 3.8) is 0 Å². The highest BCUT2D eigenvalue weighted by atomic mass is 35.5. The summed E-state index contributed by atoms with van der Waals surface area (Å²) in [6.45, 7) is 4.03. The van der Waals surface area contributed by atoms with Crippen LogP contribution in [0.25, 0.3) is 10.8 Å². The van der Waals surface area contributed by atoms with Crippen LogP contribution in [0.5, 0.6) is 0 Å². The number of fused-ring (bicyclic) bond motifs is 1. The second-order valence-electron chi connectivity index (χ2n) is 8.95. The van der Waals surface area contributed by atoms with E-state index in [1.165, 1.54) is 18.0 Å². The molecule has 1 atom stereocenters. The Labute approximate surface area is 224 Å². The quantitative estimate of drug-likeness (QED) is 0.331. The number of unbranched alkanes of at least 4 members (excludes halogenated alkanes) is 1. The number of nitrogens with zero attached hydrogens (tertiary/aromatic N) is 2. The Morgan fingerprint density at radius 3 is 2.32 bits per heavy atom. The zero-order valence-electron chi connectivity index (χ0n) is 21.5. The standard InChI is InChI=1S/C28H34ClN3O4S/c1-4-6-17-30-28(34)26(5-2)32(19-23-13-9-10-14-25(23)29)27(33)20-31(3)37(35,36)24-16-15-21-11-7-8-12-22(21)18-24/h7-16,18,26H,4-6,17,19-20H2,1-3H3,(H,30,34)/t26-/m1/s1. The number of carbonyl (C=O) groups excluding carboxylic acids is 2. The van der Waals surface area contributed by atoms with Gasteiger partial charge in [-0.3, -0.25) is 9.59 Å². The van der Waals surface area contributed by atoms with E-state index in [1.807, 2.05) is 44.2 Å². The molecule has 3 aromatic carbocycles. The van der Waals surface area contributed by atoms with E-state index in [1.54, 1.807) is 30.3 Å². The summed E-state index contributed by atoms with van der Waals surface area (Å²) in [4.78, 5) is 28.1. The maximum atomic E-state index is 13.6. The van der Waals surface area contributed by atoms with E-state index >= 15 is 0 Å². The molecule has 0 fully saturated rings. The first kappa shape index (κ1) is 28.6. The first-order valence-corrected chi connectivity index (χ1v) is 14.3. The summed E-state index contributed by atoms with van der Waals surface area (Å²) >= 11 is 6.36. The van der Waals surface area contributed by atoms with E-state index in [0.717, 1.165) is 27.9 Å². The molecule has 0 unspecified atom stereocenters. The van der Waals surface area contributed by atoms with Gasteiger partial charge in [0.15, 0.2) is 0 Å². The number of carbonyl (C=O) groups is 2. The predicted octanol–water partition coefficient (Wildman–Crippen LogP) is 4.84. The van der Waals surface area contributed by atoms with Crippen LogP contribution in [-0.2, 0) is 26.2 Å². The minimum absolute atomic E-state index is 0.0854. The third-order valence-corrected chi connectivity index (χ3v) is 8.47. The van der Waals surface area contributed by atoms with E-state index < -0.39 is 28.5 Å². The van der Waals surface area contributed by atoms with Crippen molar-refractivity contribution in [3.05, 3.63) is 77.3 Å².